The Morgan fingerprint density at radius 2 is 2.15 bits per heavy atom. The number of methoxy groups -OCH3 is 1. The molecule has 0 N–H and O–H groups in total. The lowest BCUT2D eigenvalue weighted by molar-refractivity contribution is -0.149. The fourth-order valence-corrected chi connectivity index (χ4v) is 6.22. The molecule has 182 valence electrons. The Labute approximate surface area is 191 Å². The number of nitrogens with zero attached hydrogens (tertiary/aromatic N) is 1. The van der Waals surface area contributed by atoms with Crippen molar-refractivity contribution in [3.8, 4) is 5.75 Å². The largest absolute Gasteiger partial charge is 0.473 e. The van der Waals surface area contributed by atoms with Gasteiger partial charge in [-0.3, -0.25) is 4.79 Å². The predicted molar refractivity (Wildman–Crippen MR) is 111 cm³/mol. The van der Waals surface area contributed by atoms with Crippen LogP contribution in [0.3, 0.4) is 0 Å². The van der Waals surface area contributed by atoms with Gasteiger partial charge in [-0.05, 0) is 62.1 Å². The Hall–Kier alpha value is -1.84. The number of alkyl halides is 3. The molecule has 0 aromatic heterocycles. The number of carbonyl (C=O) groups excluding carboxylic acids is 1. The topological polar surface area (TPSA) is 57.2 Å². The summed E-state index contributed by atoms with van der Waals surface area (Å²) < 4.78 is 62.3. The van der Waals surface area contributed by atoms with Crippen molar-refractivity contribution in [1.29, 1.82) is 0 Å². The smallest absolute Gasteiger partial charge is 0.416 e. The number of ether oxygens (including phenoxy) is 4. The number of hydrogen-bond acceptors (Lipinski definition) is 5. The van der Waals surface area contributed by atoms with Crippen LogP contribution >= 0.6 is 0 Å². The molecule has 0 bridgehead atoms. The number of fused-ring (bicyclic) bond motifs is 2. The fraction of sp³-hybridized carbons (Fsp3) is 0.708. The maximum absolute atomic E-state index is 13.8. The van der Waals surface area contributed by atoms with Gasteiger partial charge in [0, 0.05) is 25.9 Å². The average molecular weight is 470 g/mol. The minimum absolute atomic E-state index is 0.0437. The van der Waals surface area contributed by atoms with Gasteiger partial charge < -0.3 is 23.8 Å². The van der Waals surface area contributed by atoms with Crippen molar-refractivity contribution in [1.82, 2.24) is 4.90 Å². The quantitative estimate of drug-likeness (QED) is 0.667. The van der Waals surface area contributed by atoms with E-state index in [-0.39, 0.29) is 31.4 Å². The van der Waals surface area contributed by atoms with Crippen LogP contribution in [0.1, 0.15) is 43.2 Å². The highest BCUT2D eigenvalue weighted by Gasteiger charge is 2.58. The van der Waals surface area contributed by atoms with Crippen LogP contribution in [-0.2, 0) is 31.7 Å². The average Bonchev–Trinajstić information content (AvgIpc) is 3.35. The number of rotatable bonds is 4. The minimum atomic E-state index is -4.44. The SMILES string of the molecule is CO[C@@H]1COCC[C@@H]1CC1C[C@H]2OCC[C@@]2(C(=O)N2COc3ccc(C(F)(F)F)cc3C2)C1. The molecule has 1 aromatic rings. The molecule has 0 spiro atoms. The Balaban J connectivity index is 1.31. The van der Waals surface area contributed by atoms with Crippen molar-refractivity contribution < 1.29 is 36.9 Å². The van der Waals surface area contributed by atoms with E-state index in [4.69, 9.17) is 18.9 Å². The number of amides is 1. The van der Waals surface area contributed by atoms with Gasteiger partial charge in [-0.1, -0.05) is 0 Å². The summed E-state index contributed by atoms with van der Waals surface area (Å²) in [4.78, 5) is 15.3. The van der Waals surface area contributed by atoms with Gasteiger partial charge >= 0.3 is 6.18 Å². The molecule has 9 heteroatoms. The molecular formula is C24H30F3NO5. The third kappa shape index (κ3) is 4.23. The maximum atomic E-state index is 13.8. The fourth-order valence-electron chi connectivity index (χ4n) is 6.22. The van der Waals surface area contributed by atoms with E-state index in [1.807, 2.05) is 0 Å². The lowest BCUT2D eigenvalue weighted by atomic mass is 9.78. The lowest BCUT2D eigenvalue weighted by Gasteiger charge is -2.37. The van der Waals surface area contributed by atoms with Crippen molar-refractivity contribution in [2.24, 2.45) is 17.3 Å². The molecule has 1 unspecified atom stereocenters. The van der Waals surface area contributed by atoms with Crippen LogP contribution in [0.5, 0.6) is 5.75 Å². The van der Waals surface area contributed by atoms with Crippen molar-refractivity contribution in [3.05, 3.63) is 29.3 Å². The molecule has 1 amide bonds. The van der Waals surface area contributed by atoms with Gasteiger partial charge in [0.2, 0.25) is 5.91 Å². The third-order valence-electron chi connectivity index (χ3n) is 7.90. The molecule has 5 rings (SSSR count). The third-order valence-corrected chi connectivity index (χ3v) is 7.90. The standard InChI is InChI=1S/C24H30F3NO5/c1-30-20-13-31-6-4-16(20)8-15-9-21-23(11-15,5-7-32-21)22(29)28-12-17-10-18(24(25,26)27)2-3-19(17)33-14-28/h2-3,10,15-16,20-21H,4-9,11-14H2,1H3/t15?,16-,20-,21-,23-/m1/s1. The van der Waals surface area contributed by atoms with E-state index in [0.717, 1.165) is 44.4 Å². The molecule has 33 heavy (non-hydrogen) atoms. The number of benzene rings is 1. The summed E-state index contributed by atoms with van der Waals surface area (Å²) in [5.41, 5.74) is -0.971. The molecule has 4 aliphatic rings. The molecule has 5 atom stereocenters. The molecule has 1 saturated carbocycles. The zero-order chi connectivity index (χ0) is 23.2. The number of hydrogen-bond donors (Lipinski definition) is 0. The first-order valence-electron chi connectivity index (χ1n) is 11.6. The molecule has 0 radical (unpaired) electrons. The van der Waals surface area contributed by atoms with E-state index in [2.05, 4.69) is 0 Å². The van der Waals surface area contributed by atoms with Crippen LogP contribution in [0, 0.1) is 17.3 Å². The van der Waals surface area contributed by atoms with Gasteiger partial charge in [-0.2, -0.15) is 13.2 Å². The number of carbonyl (C=O) groups is 1. The van der Waals surface area contributed by atoms with E-state index < -0.39 is 17.2 Å². The Bertz CT molecular complexity index is 893. The molecular weight excluding hydrogens is 439 g/mol. The second kappa shape index (κ2) is 8.74. The van der Waals surface area contributed by atoms with E-state index in [9.17, 15) is 18.0 Å². The van der Waals surface area contributed by atoms with Crippen LogP contribution in [0.25, 0.3) is 0 Å². The molecule has 3 fully saturated rings. The summed E-state index contributed by atoms with van der Waals surface area (Å²) in [6, 6.07) is 3.44. The highest BCUT2D eigenvalue weighted by molar-refractivity contribution is 5.84. The van der Waals surface area contributed by atoms with E-state index in [1.165, 1.54) is 6.07 Å². The van der Waals surface area contributed by atoms with Gasteiger partial charge in [0.05, 0.1) is 36.3 Å². The minimum Gasteiger partial charge on any atom is -0.473 e. The molecule has 3 aliphatic heterocycles. The first kappa shape index (κ1) is 22.9. The van der Waals surface area contributed by atoms with E-state index in [0.29, 0.717) is 42.8 Å². The van der Waals surface area contributed by atoms with Gasteiger partial charge in [0.15, 0.2) is 6.73 Å². The molecule has 2 saturated heterocycles. The summed E-state index contributed by atoms with van der Waals surface area (Å²) in [7, 11) is 1.71. The van der Waals surface area contributed by atoms with Crippen molar-refractivity contribution in [2.75, 3.05) is 33.7 Å². The Morgan fingerprint density at radius 1 is 1.30 bits per heavy atom. The van der Waals surface area contributed by atoms with Crippen LogP contribution in [-0.4, -0.2) is 56.7 Å². The van der Waals surface area contributed by atoms with E-state index in [1.54, 1.807) is 12.0 Å². The molecule has 1 aliphatic carbocycles. The second-order valence-electron chi connectivity index (χ2n) is 9.80. The van der Waals surface area contributed by atoms with Crippen molar-refractivity contribution in [3.63, 3.8) is 0 Å². The van der Waals surface area contributed by atoms with Gasteiger partial charge in [-0.15, -0.1) is 0 Å². The predicted octanol–water partition coefficient (Wildman–Crippen LogP) is 4.01. The lowest BCUT2D eigenvalue weighted by Crippen LogP contribution is -2.48. The van der Waals surface area contributed by atoms with Crippen molar-refractivity contribution in [2.45, 2.75) is 57.0 Å². The second-order valence-corrected chi connectivity index (χ2v) is 9.80. The van der Waals surface area contributed by atoms with Gasteiger partial charge in [-0.25, -0.2) is 0 Å². The summed E-state index contributed by atoms with van der Waals surface area (Å²) >= 11 is 0. The maximum Gasteiger partial charge on any atom is 0.416 e. The Morgan fingerprint density at radius 3 is 2.94 bits per heavy atom. The highest BCUT2D eigenvalue weighted by atomic mass is 19.4. The summed E-state index contributed by atoms with van der Waals surface area (Å²) in [6.07, 6.45) is -0.419. The van der Waals surface area contributed by atoms with Crippen LogP contribution in [0.15, 0.2) is 18.2 Å². The number of halogens is 3. The summed E-state index contributed by atoms with van der Waals surface area (Å²) in [6.45, 7) is 2.02. The summed E-state index contributed by atoms with van der Waals surface area (Å²) in [5.74, 6) is 1.07. The van der Waals surface area contributed by atoms with Crippen LogP contribution < -0.4 is 4.74 Å². The highest BCUT2D eigenvalue weighted by Crippen LogP contribution is 2.53. The van der Waals surface area contributed by atoms with Gasteiger partial charge in [0.25, 0.3) is 0 Å². The molecule has 1 aromatic carbocycles. The summed E-state index contributed by atoms with van der Waals surface area (Å²) in [5, 5.41) is 0. The van der Waals surface area contributed by atoms with Crippen LogP contribution in [0.2, 0.25) is 0 Å². The van der Waals surface area contributed by atoms with Crippen LogP contribution in [0.4, 0.5) is 13.2 Å². The van der Waals surface area contributed by atoms with Gasteiger partial charge in [0.1, 0.15) is 5.75 Å². The molecule has 6 nitrogen and oxygen atoms in total. The zero-order valence-corrected chi connectivity index (χ0v) is 18.7. The first-order chi connectivity index (χ1) is 15.8. The Kier molecular flexibility index (Phi) is 6.07. The monoisotopic (exact) mass is 469 g/mol. The first-order valence-corrected chi connectivity index (χ1v) is 11.6. The zero-order valence-electron chi connectivity index (χ0n) is 18.7. The normalized spacial score (nSPS) is 34.0. The molecule has 3 heterocycles. The van der Waals surface area contributed by atoms with Crippen molar-refractivity contribution >= 4 is 5.91 Å². The van der Waals surface area contributed by atoms with E-state index >= 15 is 0 Å².